The van der Waals surface area contributed by atoms with Gasteiger partial charge in [-0.3, -0.25) is 4.79 Å². The van der Waals surface area contributed by atoms with E-state index in [1.165, 1.54) is 4.88 Å². The number of nitrogen functional groups attached to an aromatic ring is 1. The molecule has 1 heterocycles. The lowest BCUT2D eigenvalue weighted by Crippen LogP contribution is -2.26. The van der Waals surface area contributed by atoms with Gasteiger partial charge in [-0.05, 0) is 59.1 Å². The predicted molar refractivity (Wildman–Crippen MR) is 83.6 cm³/mol. The minimum absolute atomic E-state index is 0.0691. The van der Waals surface area contributed by atoms with Crippen LogP contribution in [0.5, 0.6) is 0 Å². The maximum absolute atomic E-state index is 12.0. The van der Waals surface area contributed by atoms with Crippen molar-refractivity contribution in [2.45, 2.75) is 13.3 Å². The van der Waals surface area contributed by atoms with Gasteiger partial charge in [0.1, 0.15) is 0 Å². The first-order valence-corrected chi connectivity index (χ1v) is 7.56. The quantitative estimate of drug-likeness (QED) is 0.839. The number of thiophene rings is 1. The van der Waals surface area contributed by atoms with Crippen LogP contribution >= 0.6 is 27.3 Å². The summed E-state index contributed by atoms with van der Waals surface area (Å²) >= 11 is 5.11. The van der Waals surface area contributed by atoms with Crippen LogP contribution in [0.4, 0.5) is 5.69 Å². The second-order valence-corrected chi connectivity index (χ2v) is 6.83. The van der Waals surface area contributed by atoms with Gasteiger partial charge in [-0.2, -0.15) is 0 Å². The normalized spacial score (nSPS) is 10.4. The highest BCUT2D eigenvalue weighted by molar-refractivity contribution is 9.11. The molecule has 19 heavy (non-hydrogen) atoms. The SMILES string of the molecule is Cc1ccc(N)cc1C(=O)NCCc1ccc(Br)s1. The largest absolute Gasteiger partial charge is 0.399 e. The summed E-state index contributed by atoms with van der Waals surface area (Å²) in [5, 5.41) is 2.92. The first-order chi connectivity index (χ1) is 9.06. The third-order valence-electron chi connectivity index (χ3n) is 2.79. The number of nitrogens with two attached hydrogens (primary N) is 1. The maximum Gasteiger partial charge on any atom is 0.251 e. The molecule has 0 atom stereocenters. The van der Waals surface area contributed by atoms with Crippen molar-refractivity contribution in [3.05, 3.63) is 50.1 Å². The molecule has 3 nitrogen and oxygen atoms in total. The molecule has 2 rings (SSSR count). The van der Waals surface area contributed by atoms with Crippen molar-refractivity contribution in [2.24, 2.45) is 0 Å². The van der Waals surface area contributed by atoms with Gasteiger partial charge in [-0.1, -0.05) is 6.07 Å². The second-order valence-electron chi connectivity index (χ2n) is 4.29. The van der Waals surface area contributed by atoms with Crippen molar-refractivity contribution >= 4 is 38.9 Å². The van der Waals surface area contributed by atoms with E-state index in [0.717, 1.165) is 15.8 Å². The molecule has 0 aliphatic heterocycles. The number of rotatable bonds is 4. The van der Waals surface area contributed by atoms with Crippen LogP contribution in [0.2, 0.25) is 0 Å². The number of nitrogens with one attached hydrogen (secondary N) is 1. The minimum atomic E-state index is -0.0691. The number of hydrogen-bond acceptors (Lipinski definition) is 3. The maximum atomic E-state index is 12.0. The minimum Gasteiger partial charge on any atom is -0.399 e. The Balaban J connectivity index is 1.92. The standard InChI is InChI=1S/C14H15BrN2OS/c1-9-2-3-10(16)8-12(9)14(18)17-7-6-11-4-5-13(15)19-11/h2-5,8H,6-7,16H2,1H3,(H,17,18). The van der Waals surface area contributed by atoms with Crippen LogP contribution in [-0.2, 0) is 6.42 Å². The summed E-state index contributed by atoms with van der Waals surface area (Å²) < 4.78 is 1.11. The smallest absolute Gasteiger partial charge is 0.251 e. The predicted octanol–water partition coefficient (Wildman–Crippen LogP) is 3.37. The average molecular weight is 339 g/mol. The molecule has 0 aliphatic carbocycles. The Morgan fingerprint density at radius 1 is 1.37 bits per heavy atom. The van der Waals surface area contributed by atoms with Crippen LogP contribution in [0.3, 0.4) is 0 Å². The molecule has 0 spiro atoms. The average Bonchev–Trinajstić information content (AvgIpc) is 2.78. The van der Waals surface area contributed by atoms with Gasteiger partial charge in [-0.25, -0.2) is 0 Å². The molecule has 3 N–H and O–H groups in total. The van der Waals surface area contributed by atoms with Crippen molar-refractivity contribution < 1.29 is 4.79 Å². The van der Waals surface area contributed by atoms with Gasteiger partial charge in [-0.15, -0.1) is 11.3 Å². The van der Waals surface area contributed by atoms with Crippen molar-refractivity contribution in [3.8, 4) is 0 Å². The molecule has 1 aromatic heterocycles. The Bertz CT molecular complexity index is 595. The van der Waals surface area contributed by atoms with Crippen LogP contribution in [0, 0.1) is 6.92 Å². The number of benzene rings is 1. The number of carbonyl (C=O) groups is 1. The molecule has 0 fully saturated rings. The Morgan fingerprint density at radius 2 is 2.16 bits per heavy atom. The number of carbonyl (C=O) groups excluding carboxylic acids is 1. The first-order valence-electron chi connectivity index (χ1n) is 5.95. The van der Waals surface area contributed by atoms with Crippen LogP contribution in [0.1, 0.15) is 20.8 Å². The van der Waals surface area contributed by atoms with Gasteiger partial charge in [0.05, 0.1) is 3.79 Å². The highest BCUT2D eigenvalue weighted by Crippen LogP contribution is 2.22. The Hall–Kier alpha value is -1.33. The monoisotopic (exact) mass is 338 g/mol. The number of aryl methyl sites for hydroxylation is 1. The third kappa shape index (κ3) is 3.81. The fourth-order valence-corrected chi connectivity index (χ4v) is 3.25. The van der Waals surface area contributed by atoms with E-state index >= 15 is 0 Å². The topological polar surface area (TPSA) is 55.1 Å². The molecule has 0 radical (unpaired) electrons. The highest BCUT2D eigenvalue weighted by Gasteiger charge is 2.09. The van der Waals surface area contributed by atoms with Crippen LogP contribution in [0.15, 0.2) is 34.1 Å². The molecule has 1 amide bonds. The van der Waals surface area contributed by atoms with E-state index < -0.39 is 0 Å². The summed E-state index contributed by atoms with van der Waals surface area (Å²) in [5.74, 6) is -0.0691. The van der Waals surface area contributed by atoms with Crippen LogP contribution in [0.25, 0.3) is 0 Å². The Morgan fingerprint density at radius 3 is 2.84 bits per heavy atom. The van der Waals surface area contributed by atoms with E-state index in [1.54, 1.807) is 23.5 Å². The summed E-state index contributed by atoms with van der Waals surface area (Å²) in [5.41, 5.74) is 7.89. The molecule has 0 saturated carbocycles. The fourth-order valence-electron chi connectivity index (χ4n) is 1.76. The lowest BCUT2D eigenvalue weighted by Gasteiger charge is -2.08. The lowest BCUT2D eigenvalue weighted by molar-refractivity contribution is 0.0953. The summed E-state index contributed by atoms with van der Waals surface area (Å²) in [7, 11) is 0. The summed E-state index contributed by atoms with van der Waals surface area (Å²) in [6, 6.07) is 9.46. The second kappa shape index (κ2) is 6.21. The number of anilines is 1. The van der Waals surface area contributed by atoms with E-state index in [-0.39, 0.29) is 5.91 Å². The van der Waals surface area contributed by atoms with Crippen molar-refractivity contribution in [1.29, 1.82) is 0 Å². The van der Waals surface area contributed by atoms with Gasteiger partial charge in [0.2, 0.25) is 0 Å². The van der Waals surface area contributed by atoms with Crippen molar-refractivity contribution in [3.63, 3.8) is 0 Å². The van der Waals surface area contributed by atoms with Gasteiger partial charge in [0, 0.05) is 22.7 Å². The fraction of sp³-hybridized carbons (Fsp3) is 0.214. The summed E-state index contributed by atoms with van der Waals surface area (Å²) in [6.45, 7) is 2.53. The van der Waals surface area contributed by atoms with Gasteiger partial charge >= 0.3 is 0 Å². The van der Waals surface area contributed by atoms with E-state index in [9.17, 15) is 4.79 Å². The third-order valence-corrected chi connectivity index (χ3v) is 4.48. The first kappa shape index (κ1) is 14.1. The molecule has 0 aliphatic rings. The molecule has 5 heteroatoms. The van der Waals surface area contributed by atoms with E-state index in [0.29, 0.717) is 17.8 Å². The zero-order chi connectivity index (χ0) is 13.8. The number of hydrogen-bond donors (Lipinski definition) is 2. The molecule has 2 aromatic rings. The molecule has 100 valence electrons. The highest BCUT2D eigenvalue weighted by atomic mass is 79.9. The van der Waals surface area contributed by atoms with E-state index in [4.69, 9.17) is 5.73 Å². The Labute approximate surface area is 125 Å². The van der Waals surface area contributed by atoms with Gasteiger partial charge in [0.25, 0.3) is 5.91 Å². The van der Waals surface area contributed by atoms with Crippen LogP contribution < -0.4 is 11.1 Å². The van der Waals surface area contributed by atoms with E-state index in [2.05, 4.69) is 27.3 Å². The summed E-state index contributed by atoms with van der Waals surface area (Å²) in [6.07, 6.45) is 0.837. The van der Waals surface area contributed by atoms with Crippen LogP contribution in [-0.4, -0.2) is 12.5 Å². The zero-order valence-electron chi connectivity index (χ0n) is 10.6. The molecular weight excluding hydrogens is 324 g/mol. The Kier molecular flexibility index (Phi) is 4.61. The number of amides is 1. The number of halogens is 1. The molecule has 0 bridgehead atoms. The molecule has 0 unspecified atom stereocenters. The molecule has 1 aromatic carbocycles. The van der Waals surface area contributed by atoms with Gasteiger partial charge in [0.15, 0.2) is 0 Å². The molecular formula is C14H15BrN2OS. The van der Waals surface area contributed by atoms with Crippen molar-refractivity contribution in [1.82, 2.24) is 5.32 Å². The lowest BCUT2D eigenvalue weighted by atomic mass is 10.1. The van der Waals surface area contributed by atoms with Gasteiger partial charge < -0.3 is 11.1 Å². The van der Waals surface area contributed by atoms with E-state index in [1.807, 2.05) is 19.1 Å². The molecule has 0 saturated heterocycles. The summed E-state index contributed by atoms with van der Waals surface area (Å²) in [4.78, 5) is 13.3. The van der Waals surface area contributed by atoms with Crippen molar-refractivity contribution in [2.75, 3.05) is 12.3 Å². The zero-order valence-corrected chi connectivity index (χ0v) is 13.0.